The number of piperidine rings is 1. The van der Waals surface area contributed by atoms with Crippen molar-refractivity contribution < 1.29 is 29.3 Å². The second-order valence-corrected chi connectivity index (χ2v) is 10.8. The molecular formula is C28H39N7O6. The van der Waals surface area contributed by atoms with Crippen molar-refractivity contribution in [3.63, 3.8) is 0 Å². The van der Waals surface area contributed by atoms with Crippen LogP contribution >= 0.6 is 0 Å². The zero-order valence-corrected chi connectivity index (χ0v) is 23.8. The van der Waals surface area contributed by atoms with E-state index in [1.54, 1.807) is 13.8 Å². The number of carbonyl (C=O) groups excluding carboxylic acids is 1. The molecule has 0 bridgehead atoms. The Labute approximate surface area is 239 Å². The Kier molecular flexibility index (Phi) is 9.79. The molecule has 2 atom stereocenters. The van der Waals surface area contributed by atoms with E-state index in [-0.39, 0.29) is 19.6 Å². The van der Waals surface area contributed by atoms with Gasteiger partial charge in [0.1, 0.15) is 29.3 Å². The number of aromatic nitrogens is 3. The largest absolute Gasteiger partial charge is 0.481 e. The molecular weight excluding hydrogens is 530 g/mol. The topological polar surface area (TPSA) is 179 Å². The minimum atomic E-state index is -1.29. The molecule has 2 aliphatic rings. The Hall–Kier alpha value is -4.16. The average Bonchev–Trinajstić information content (AvgIpc) is 2.95. The Morgan fingerprint density at radius 3 is 2.61 bits per heavy atom. The fourth-order valence-electron chi connectivity index (χ4n) is 5.21. The van der Waals surface area contributed by atoms with Crippen LogP contribution in [0, 0.1) is 19.8 Å². The molecule has 2 aromatic heterocycles. The molecule has 0 aromatic carbocycles. The highest BCUT2D eigenvalue weighted by Crippen LogP contribution is 2.33. The highest BCUT2D eigenvalue weighted by Gasteiger charge is 2.27. The standard InChI is InChI=1S/C28H39N7O6/c1-16(13-23(36)37)15-41-28(40)34-22(27(38)39)14-30-24-17(2)26(32-18(3)31-24)35-11-8-19(9-12-35)21-7-6-20-5-4-10-29-25(20)33-21/h6-7,16,19,22H,4-5,8-15H2,1-3H3,(H,29,33)(H,34,40)(H,36,37)(H,38,39)(H,30,31,32)/t16?,22-/m0/s1. The minimum Gasteiger partial charge on any atom is -0.481 e. The number of hydrogen-bond donors (Lipinski definition) is 5. The number of fused-ring (bicyclic) bond motifs is 1. The maximum Gasteiger partial charge on any atom is 0.407 e. The van der Waals surface area contributed by atoms with Gasteiger partial charge < -0.3 is 35.8 Å². The van der Waals surface area contributed by atoms with E-state index >= 15 is 0 Å². The smallest absolute Gasteiger partial charge is 0.407 e. The van der Waals surface area contributed by atoms with Crippen molar-refractivity contribution in [1.29, 1.82) is 0 Å². The van der Waals surface area contributed by atoms with Crippen molar-refractivity contribution in [2.75, 3.05) is 48.3 Å². The van der Waals surface area contributed by atoms with E-state index in [9.17, 15) is 19.5 Å². The van der Waals surface area contributed by atoms with Gasteiger partial charge in [-0.2, -0.15) is 0 Å². The van der Waals surface area contributed by atoms with Crippen molar-refractivity contribution in [3.05, 3.63) is 34.8 Å². The van der Waals surface area contributed by atoms with Gasteiger partial charge in [-0.1, -0.05) is 13.0 Å². The molecule has 4 heterocycles. The molecule has 13 nitrogen and oxygen atoms in total. The quantitative estimate of drug-likeness (QED) is 0.267. The molecule has 1 amide bonds. The summed E-state index contributed by atoms with van der Waals surface area (Å²) in [4.78, 5) is 51.0. The van der Waals surface area contributed by atoms with Crippen LogP contribution in [0.1, 0.15) is 61.2 Å². The number of ether oxygens (including phenoxy) is 1. The molecule has 222 valence electrons. The lowest BCUT2D eigenvalue weighted by Gasteiger charge is -2.34. The van der Waals surface area contributed by atoms with Crippen LogP contribution < -0.4 is 20.9 Å². The van der Waals surface area contributed by atoms with E-state index in [0.29, 0.717) is 17.6 Å². The van der Waals surface area contributed by atoms with Crippen LogP contribution in [0.4, 0.5) is 22.2 Å². The van der Waals surface area contributed by atoms with Gasteiger partial charge in [0.25, 0.3) is 0 Å². The molecule has 5 N–H and O–H groups in total. The summed E-state index contributed by atoms with van der Waals surface area (Å²) in [6, 6.07) is 3.07. The van der Waals surface area contributed by atoms with Crippen LogP contribution in [-0.2, 0) is 20.7 Å². The van der Waals surface area contributed by atoms with Crippen molar-refractivity contribution in [2.24, 2.45) is 5.92 Å². The normalized spacial score (nSPS) is 16.6. The number of carbonyl (C=O) groups is 3. The van der Waals surface area contributed by atoms with Crippen LogP contribution in [0.3, 0.4) is 0 Å². The molecule has 0 saturated carbocycles. The van der Waals surface area contributed by atoms with E-state index in [0.717, 1.165) is 68.2 Å². The molecule has 4 rings (SSSR count). The number of carboxylic acid groups (broad SMARTS) is 2. The van der Waals surface area contributed by atoms with Gasteiger partial charge in [-0.3, -0.25) is 4.79 Å². The van der Waals surface area contributed by atoms with Gasteiger partial charge in [0.15, 0.2) is 0 Å². The van der Waals surface area contributed by atoms with Crippen LogP contribution in [-0.4, -0.2) is 82.0 Å². The Bertz CT molecular complexity index is 1260. The van der Waals surface area contributed by atoms with Crippen LogP contribution in [0.2, 0.25) is 0 Å². The number of amides is 1. The Morgan fingerprint density at radius 2 is 1.90 bits per heavy atom. The highest BCUT2D eigenvalue weighted by atomic mass is 16.5. The third-order valence-corrected chi connectivity index (χ3v) is 7.45. The summed E-state index contributed by atoms with van der Waals surface area (Å²) in [5.74, 6) is 0.575. The second kappa shape index (κ2) is 13.5. The first-order valence-corrected chi connectivity index (χ1v) is 14.1. The molecule has 2 aliphatic heterocycles. The predicted molar refractivity (Wildman–Crippen MR) is 153 cm³/mol. The van der Waals surface area contributed by atoms with Crippen LogP contribution in [0.5, 0.6) is 0 Å². The summed E-state index contributed by atoms with van der Waals surface area (Å²) in [5.41, 5.74) is 3.20. The summed E-state index contributed by atoms with van der Waals surface area (Å²) in [6.07, 6.45) is 2.99. The molecule has 1 fully saturated rings. The fraction of sp³-hybridized carbons (Fsp3) is 0.571. The third-order valence-electron chi connectivity index (χ3n) is 7.45. The number of anilines is 3. The maximum atomic E-state index is 12.1. The number of nitrogens with one attached hydrogen (secondary N) is 3. The first kappa shape index (κ1) is 29.8. The van der Waals surface area contributed by atoms with Crippen molar-refractivity contribution in [1.82, 2.24) is 20.3 Å². The summed E-state index contributed by atoms with van der Waals surface area (Å²) in [6.45, 7) is 7.60. The van der Waals surface area contributed by atoms with Crippen molar-refractivity contribution >= 4 is 35.5 Å². The van der Waals surface area contributed by atoms with Gasteiger partial charge in [0.2, 0.25) is 0 Å². The zero-order valence-electron chi connectivity index (χ0n) is 23.8. The van der Waals surface area contributed by atoms with Gasteiger partial charge >= 0.3 is 18.0 Å². The molecule has 13 heteroatoms. The first-order chi connectivity index (χ1) is 19.6. The van der Waals surface area contributed by atoms with Gasteiger partial charge in [-0.15, -0.1) is 0 Å². The van der Waals surface area contributed by atoms with Gasteiger partial charge in [0, 0.05) is 49.3 Å². The summed E-state index contributed by atoms with van der Waals surface area (Å²) < 4.78 is 5.00. The zero-order chi connectivity index (χ0) is 29.5. The second-order valence-electron chi connectivity index (χ2n) is 10.8. The molecule has 0 radical (unpaired) electrons. The molecule has 0 aliphatic carbocycles. The summed E-state index contributed by atoms with van der Waals surface area (Å²) in [5, 5.41) is 27.2. The van der Waals surface area contributed by atoms with Gasteiger partial charge in [-0.05, 0) is 51.2 Å². The lowest BCUT2D eigenvalue weighted by Crippen LogP contribution is -2.46. The van der Waals surface area contributed by atoms with E-state index in [4.69, 9.17) is 14.8 Å². The molecule has 41 heavy (non-hydrogen) atoms. The van der Waals surface area contributed by atoms with E-state index in [1.807, 2.05) is 6.92 Å². The lowest BCUT2D eigenvalue weighted by atomic mass is 9.92. The van der Waals surface area contributed by atoms with Crippen molar-refractivity contribution in [2.45, 2.75) is 64.8 Å². The fourth-order valence-corrected chi connectivity index (χ4v) is 5.21. The molecule has 1 saturated heterocycles. The lowest BCUT2D eigenvalue weighted by molar-refractivity contribution is -0.139. The predicted octanol–water partition coefficient (Wildman–Crippen LogP) is 2.93. The minimum absolute atomic E-state index is 0.133. The van der Waals surface area contributed by atoms with Crippen LogP contribution in [0.25, 0.3) is 0 Å². The Balaban J connectivity index is 1.35. The van der Waals surface area contributed by atoms with Crippen LogP contribution in [0.15, 0.2) is 12.1 Å². The highest BCUT2D eigenvalue weighted by molar-refractivity contribution is 5.80. The number of aliphatic carboxylic acids is 2. The number of hydrogen-bond acceptors (Lipinski definition) is 10. The summed E-state index contributed by atoms with van der Waals surface area (Å²) in [7, 11) is 0. The van der Waals surface area contributed by atoms with Crippen molar-refractivity contribution in [3.8, 4) is 0 Å². The molecule has 0 spiro atoms. The van der Waals surface area contributed by atoms with E-state index in [1.165, 1.54) is 5.56 Å². The van der Waals surface area contributed by atoms with E-state index < -0.39 is 30.0 Å². The number of alkyl carbamates (subject to hydrolysis) is 1. The Morgan fingerprint density at radius 1 is 1.15 bits per heavy atom. The maximum absolute atomic E-state index is 12.1. The molecule has 1 unspecified atom stereocenters. The monoisotopic (exact) mass is 569 g/mol. The van der Waals surface area contributed by atoms with E-state index in [2.05, 4.69) is 43.0 Å². The van der Waals surface area contributed by atoms with Gasteiger partial charge in [0.05, 0.1) is 13.0 Å². The average molecular weight is 570 g/mol. The number of aryl methyl sites for hydroxylation is 2. The SMILES string of the molecule is Cc1nc(NC[C@H](NC(=O)OCC(C)CC(=O)O)C(=O)O)c(C)c(N2CCC(c3ccc4c(n3)NCCC4)CC2)n1. The molecule has 2 aromatic rings. The van der Waals surface area contributed by atoms with Gasteiger partial charge in [-0.25, -0.2) is 24.5 Å². The summed E-state index contributed by atoms with van der Waals surface area (Å²) >= 11 is 0. The third kappa shape index (κ3) is 7.95. The number of nitrogens with zero attached hydrogens (tertiary/aromatic N) is 4. The number of pyridine rings is 1. The number of carboxylic acids is 2. The first-order valence-electron chi connectivity index (χ1n) is 14.1. The number of rotatable bonds is 11.